The average Bonchev–Trinajstić information content (AvgIpc) is 2.99. The number of nitrogens with zero attached hydrogens (tertiary/aromatic N) is 1. The van der Waals surface area contributed by atoms with Crippen LogP contribution in [-0.2, 0) is 0 Å². The molecule has 1 heterocycles. The third-order valence-corrected chi connectivity index (χ3v) is 4.12. The SMILES string of the molecule is Brc1ccc(-c2csc(C3CC3)n2)cc1. The van der Waals surface area contributed by atoms with E-state index >= 15 is 0 Å². The van der Waals surface area contributed by atoms with Gasteiger partial charge in [-0.15, -0.1) is 11.3 Å². The van der Waals surface area contributed by atoms with Gasteiger partial charge in [-0.25, -0.2) is 4.98 Å². The fourth-order valence-corrected chi connectivity index (χ4v) is 2.82. The molecule has 1 nitrogen and oxygen atoms in total. The zero-order valence-corrected chi connectivity index (χ0v) is 10.5. The van der Waals surface area contributed by atoms with Crippen molar-refractivity contribution in [2.75, 3.05) is 0 Å². The van der Waals surface area contributed by atoms with Crippen molar-refractivity contribution in [2.24, 2.45) is 0 Å². The van der Waals surface area contributed by atoms with E-state index in [0.29, 0.717) is 0 Å². The molecule has 3 rings (SSSR count). The Bertz CT molecular complexity index is 471. The summed E-state index contributed by atoms with van der Waals surface area (Å²) < 4.78 is 1.11. The highest BCUT2D eigenvalue weighted by molar-refractivity contribution is 9.10. The van der Waals surface area contributed by atoms with Gasteiger partial charge in [0.1, 0.15) is 0 Å². The third-order valence-electron chi connectivity index (χ3n) is 2.59. The molecule has 1 aliphatic carbocycles. The molecule has 1 aliphatic rings. The van der Waals surface area contributed by atoms with Crippen molar-refractivity contribution in [1.29, 1.82) is 0 Å². The highest BCUT2D eigenvalue weighted by atomic mass is 79.9. The Kier molecular flexibility index (Phi) is 2.37. The zero-order valence-electron chi connectivity index (χ0n) is 8.11. The summed E-state index contributed by atoms with van der Waals surface area (Å²) in [6.07, 6.45) is 2.65. The van der Waals surface area contributed by atoms with Gasteiger partial charge in [-0.3, -0.25) is 0 Å². The first-order valence-corrected chi connectivity index (χ1v) is 6.71. The van der Waals surface area contributed by atoms with Crippen molar-refractivity contribution in [3.63, 3.8) is 0 Å². The van der Waals surface area contributed by atoms with Gasteiger partial charge in [-0.2, -0.15) is 0 Å². The van der Waals surface area contributed by atoms with E-state index in [4.69, 9.17) is 0 Å². The topological polar surface area (TPSA) is 12.9 Å². The molecule has 0 unspecified atom stereocenters. The number of rotatable bonds is 2. The standard InChI is InChI=1S/C12H10BrNS/c13-10-5-3-8(4-6-10)11-7-15-12(14-11)9-1-2-9/h3-7,9H,1-2H2. The van der Waals surface area contributed by atoms with Crippen molar-refractivity contribution in [3.05, 3.63) is 39.1 Å². The summed E-state index contributed by atoms with van der Waals surface area (Å²) in [6.45, 7) is 0. The Balaban J connectivity index is 1.93. The summed E-state index contributed by atoms with van der Waals surface area (Å²) >= 11 is 5.23. The van der Waals surface area contributed by atoms with Crippen LogP contribution < -0.4 is 0 Å². The van der Waals surface area contributed by atoms with Crippen LogP contribution in [0.4, 0.5) is 0 Å². The Morgan fingerprint density at radius 3 is 2.60 bits per heavy atom. The van der Waals surface area contributed by atoms with Gasteiger partial charge in [-0.1, -0.05) is 28.1 Å². The molecule has 1 fully saturated rings. The fourth-order valence-electron chi connectivity index (χ4n) is 1.56. The summed E-state index contributed by atoms with van der Waals surface area (Å²) in [7, 11) is 0. The van der Waals surface area contributed by atoms with Gasteiger partial charge in [0.05, 0.1) is 10.7 Å². The Morgan fingerprint density at radius 2 is 1.93 bits per heavy atom. The van der Waals surface area contributed by atoms with E-state index in [0.717, 1.165) is 16.1 Å². The van der Waals surface area contributed by atoms with Crippen molar-refractivity contribution in [2.45, 2.75) is 18.8 Å². The van der Waals surface area contributed by atoms with E-state index in [9.17, 15) is 0 Å². The Hall–Kier alpha value is -0.670. The summed E-state index contributed by atoms with van der Waals surface area (Å²) in [4.78, 5) is 4.68. The smallest absolute Gasteiger partial charge is 0.0963 e. The molecule has 0 N–H and O–H groups in total. The second-order valence-electron chi connectivity index (χ2n) is 3.85. The third kappa shape index (κ3) is 1.99. The molecule has 0 atom stereocenters. The molecule has 1 aromatic heterocycles. The summed E-state index contributed by atoms with van der Waals surface area (Å²) in [6, 6.07) is 8.34. The van der Waals surface area contributed by atoms with Crippen LogP contribution in [0.1, 0.15) is 23.8 Å². The first-order chi connectivity index (χ1) is 7.33. The van der Waals surface area contributed by atoms with Crippen molar-refractivity contribution in [3.8, 4) is 11.3 Å². The largest absolute Gasteiger partial charge is 0.241 e. The molecule has 2 aromatic rings. The van der Waals surface area contributed by atoms with Crippen LogP contribution in [0, 0.1) is 0 Å². The van der Waals surface area contributed by atoms with Crippen LogP contribution in [0.15, 0.2) is 34.1 Å². The highest BCUT2D eigenvalue weighted by Gasteiger charge is 2.26. The van der Waals surface area contributed by atoms with Gasteiger partial charge in [0, 0.05) is 21.3 Å². The lowest BCUT2D eigenvalue weighted by molar-refractivity contribution is 1.09. The van der Waals surface area contributed by atoms with Gasteiger partial charge in [0.25, 0.3) is 0 Å². The molecule has 0 radical (unpaired) electrons. The molecule has 1 saturated carbocycles. The maximum atomic E-state index is 4.68. The van der Waals surface area contributed by atoms with Gasteiger partial charge in [0.2, 0.25) is 0 Å². The van der Waals surface area contributed by atoms with Crippen LogP contribution >= 0.6 is 27.3 Å². The number of benzene rings is 1. The summed E-state index contributed by atoms with van der Waals surface area (Å²) in [5.41, 5.74) is 2.33. The molecule has 0 aliphatic heterocycles. The van der Waals surface area contributed by atoms with E-state index < -0.39 is 0 Å². The predicted molar refractivity (Wildman–Crippen MR) is 67.2 cm³/mol. The van der Waals surface area contributed by atoms with Crippen LogP contribution in [0.3, 0.4) is 0 Å². The van der Waals surface area contributed by atoms with Gasteiger partial charge >= 0.3 is 0 Å². The van der Waals surface area contributed by atoms with Gasteiger partial charge in [-0.05, 0) is 25.0 Å². The molecule has 1 aromatic carbocycles. The lowest BCUT2D eigenvalue weighted by Crippen LogP contribution is -1.79. The normalized spacial score (nSPS) is 15.5. The number of aromatic nitrogens is 1. The second-order valence-corrected chi connectivity index (χ2v) is 5.66. The van der Waals surface area contributed by atoms with Crippen molar-refractivity contribution in [1.82, 2.24) is 4.98 Å². The molecule has 15 heavy (non-hydrogen) atoms. The first kappa shape index (κ1) is 9.55. The van der Waals surface area contributed by atoms with E-state index in [1.54, 1.807) is 11.3 Å². The molecule has 3 heteroatoms. The van der Waals surface area contributed by atoms with Crippen molar-refractivity contribution >= 4 is 27.3 Å². The molecule has 0 spiro atoms. The van der Waals surface area contributed by atoms with Crippen LogP contribution in [0.25, 0.3) is 11.3 Å². The minimum absolute atomic E-state index is 0.763. The lowest BCUT2D eigenvalue weighted by atomic mass is 10.2. The maximum Gasteiger partial charge on any atom is 0.0963 e. The number of halogens is 1. The predicted octanol–water partition coefficient (Wildman–Crippen LogP) is 4.45. The van der Waals surface area contributed by atoms with Crippen LogP contribution in [-0.4, -0.2) is 4.98 Å². The van der Waals surface area contributed by atoms with Gasteiger partial charge in [0.15, 0.2) is 0 Å². The number of hydrogen-bond acceptors (Lipinski definition) is 2. The minimum Gasteiger partial charge on any atom is -0.241 e. The van der Waals surface area contributed by atoms with Crippen LogP contribution in [0.5, 0.6) is 0 Å². The molecule has 0 bridgehead atoms. The second kappa shape index (κ2) is 3.72. The first-order valence-electron chi connectivity index (χ1n) is 5.04. The monoisotopic (exact) mass is 279 g/mol. The number of thiazole rings is 1. The summed E-state index contributed by atoms with van der Waals surface area (Å²) in [5, 5.41) is 3.48. The number of hydrogen-bond donors (Lipinski definition) is 0. The molecule has 0 amide bonds. The van der Waals surface area contributed by atoms with Gasteiger partial charge < -0.3 is 0 Å². The average molecular weight is 280 g/mol. The molecular weight excluding hydrogens is 270 g/mol. The summed E-state index contributed by atoms with van der Waals surface area (Å²) in [5.74, 6) is 0.763. The van der Waals surface area contributed by atoms with E-state index in [1.165, 1.54) is 23.4 Å². The maximum absolute atomic E-state index is 4.68. The van der Waals surface area contributed by atoms with Crippen molar-refractivity contribution < 1.29 is 0 Å². The van der Waals surface area contributed by atoms with E-state index in [2.05, 4.69) is 50.6 Å². The lowest BCUT2D eigenvalue weighted by Gasteiger charge is -1.96. The van der Waals surface area contributed by atoms with E-state index in [1.807, 2.05) is 0 Å². The Morgan fingerprint density at radius 1 is 1.20 bits per heavy atom. The van der Waals surface area contributed by atoms with Crippen LogP contribution in [0.2, 0.25) is 0 Å². The highest BCUT2D eigenvalue weighted by Crippen LogP contribution is 2.42. The fraction of sp³-hybridized carbons (Fsp3) is 0.250. The minimum atomic E-state index is 0.763. The Labute approximate surface area is 101 Å². The molecule has 76 valence electrons. The van der Waals surface area contributed by atoms with E-state index in [-0.39, 0.29) is 0 Å². The quantitative estimate of drug-likeness (QED) is 0.792. The molecule has 0 saturated heterocycles. The zero-order chi connectivity index (χ0) is 10.3. The molecular formula is C12H10BrNS.